The summed E-state index contributed by atoms with van der Waals surface area (Å²) in [5, 5.41) is 6.60. The maximum absolute atomic E-state index is 13.0. The Bertz CT molecular complexity index is 905. The molecule has 2 heterocycles. The fraction of sp³-hybridized carbons (Fsp3) is 0.545. The molecule has 2 amide bonds. The first-order chi connectivity index (χ1) is 14.4. The van der Waals surface area contributed by atoms with E-state index in [2.05, 4.69) is 49.0 Å². The molecule has 1 N–H and O–H groups in total. The van der Waals surface area contributed by atoms with Gasteiger partial charge in [-0.15, -0.1) is 0 Å². The third-order valence-corrected chi connectivity index (χ3v) is 6.72. The molecule has 31 heavy (non-hydrogen) atoms. The molecule has 1 saturated heterocycles. The van der Waals surface area contributed by atoms with E-state index >= 15 is 0 Å². The Balaban J connectivity index is 1.80. The predicted molar refractivity (Wildman–Crippen MR) is 115 cm³/mol. The Morgan fingerprint density at radius 3 is 2.42 bits per heavy atom. The molecule has 9 heteroatoms. The molecule has 0 atom stereocenters. The molecule has 2 fully saturated rings. The highest BCUT2D eigenvalue weighted by molar-refractivity contribution is 5.94. The third-order valence-electron chi connectivity index (χ3n) is 6.72. The summed E-state index contributed by atoms with van der Waals surface area (Å²) in [5.41, 5.74) is -0.364. The Morgan fingerprint density at radius 1 is 1.26 bits per heavy atom. The Kier molecular flexibility index (Phi) is 6.10. The fourth-order valence-corrected chi connectivity index (χ4v) is 4.79. The zero-order valence-electron chi connectivity index (χ0n) is 18.5. The van der Waals surface area contributed by atoms with Gasteiger partial charge in [0.15, 0.2) is 5.69 Å². The van der Waals surface area contributed by atoms with Crippen LogP contribution in [0.2, 0.25) is 0 Å². The summed E-state index contributed by atoms with van der Waals surface area (Å²) in [6, 6.07) is 0.555. The summed E-state index contributed by atoms with van der Waals surface area (Å²) < 4.78 is 40.3. The zero-order valence-corrected chi connectivity index (χ0v) is 18.5. The van der Waals surface area contributed by atoms with Gasteiger partial charge in [-0.2, -0.15) is 18.3 Å². The first-order valence-electron chi connectivity index (χ1n) is 10.3. The van der Waals surface area contributed by atoms with Crippen molar-refractivity contribution in [1.29, 1.82) is 0 Å². The number of hydrogen-bond acceptors (Lipinski definition) is 3. The van der Waals surface area contributed by atoms with E-state index in [1.54, 1.807) is 6.08 Å². The first kappa shape index (κ1) is 23.1. The summed E-state index contributed by atoms with van der Waals surface area (Å²) in [7, 11) is 5.53. The van der Waals surface area contributed by atoms with Crippen molar-refractivity contribution < 1.29 is 18.0 Å². The van der Waals surface area contributed by atoms with Crippen LogP contribution in [0.25, 0.3) is 0 Å². The topological polar surface area (TPSA) is 53.4 Å². The Morgan fingerprint density at radius 2 is 1.90 bits per heavy atom. The van der Waals surface area contributed by atoms with Gasteiger partial charge in [0, 0.05) is 18.7 Å². The van der Waals surface area contributed by atoms with Gasteiger partial charge < -0.3 is 5.32 Å². The third kappa shape index (κ3) is 4.28. The maximum Gasteiger partial charge on any atom is 0.435 e. The smallest absolute Gasteiger partial charge is 0.330 e. The van der Waals surface area contributed by atoms with Crippen molar-refractivity contribution >= 4 is 11.8 Å². The van der Waals surface area contributed by atoms with Crippen LogP contribution >= 0.6 is 0 Å². The molecule has 1 saturated carbocycles. The lowest BCUT2D eigenvalue weighted by Gasteiger charge is -2.49. The Hall–Kier alpha value is -2.55. The number of aromatic nitrogens is 2. The zero-order chi connectivity index (χ0) is 23.0. The van der Waals surface area contributed by atoms with Gasteiger partial charge in [0.1, 0.15) is 5.82 Å². The van der Waals surface area contributed by atoms with Crippen LogP contribution in [-0.2, 0) is 13.2 Å². The lowest BCUT2D eigenvalue weighted by molar-refractivity contribution is -0.141. The molecule has 2 aliphatic rings. The molecule has 1 aromatic rings. The summed E-state index contributed by atoms with van der Waals surface area (Å²) in [6.07, 6.45) is 6.24. The molecule has 0 bridgehead atoms. The second-order valence-corrected chi connectivity index (χ2v) is 8.70. The van der Waals surface area contributed by atoms with E-state index in [0.29, 0.717) is 6.54 Å². The van der Waals surface area contributed by atoms with Crippen molar-refractivity contribution in [1.82, 2.24) is 20.0 Å². The summed E-state index contributed by atoms with van der Waals surface area (Å²) in [6.45, 7) is 6.13. The van der Waals surface area contributed by atoms with E-state index in [1.165, 1.54) is 17.5 Å². The van der Waals surface area contributed by atoms with E-state index in [-0.39, 0.29) is 17.4 Å². The van der Waals surface area contributed by atoms with Crippen LogP contribution in [0.5, 0.6) is 0 Å². The minimum absolute atomic E-state index is 0.134. The van der Waals surface area contributed by atoms with Crippen LogP contribution in [0, 0.1) is 0 Å². The van der Waals surface area contributed by atoms with Gasteiger partial charge in [0.2, 0.25) is 0 Å². The van der Waals surface area contributed by atoms with Crippen LogP contribution in [0.15, 0.2) is 42.5 Å². The molecular formula is C22H30F3N5O. The van der Waals surface area contributed by atoms with E-state index in [9.17, 15) is 18.0 Å². The predicted octanol–water partition coefficient (Wildman–Crippen LogP) is 4.27. The maximum atomic E-state index is 13.0. The highest BCUT2D eigenvalue weighted by atomic mass is 19.4. The second kappa shape index (κ2) is 8.18. The number of nitrogens with one attached hydrogen (secondary N) is 1. The molecule has 1 spiro atoms. The quantitative estimate of drug-likeness (QED) is 0.700. The van der Waals surface area contributed by atoms with Gasteiger partial charge in [0.25, 0.3) is 0 Å². The van der Waals surface area contributed by atoms with Crippen LogP contribution < -0.4 is 10.2 Å². The van der Waals surface area contributed by atoms with Gasteiger partial charge in [-0.3, -0.25) is 14.5 Å². The van der Waals surface area contributed by atoms with Crippen LogP contribution in [0.3, 0.4) is 0 Å². The van der Waals surface area contributed by atoms with Gasteiger partial charge >= 0.3 is 12.2 Å². The monoisotopic (exact) mass is 437 g/mol. The molecular weight excluding hydrogens is 407 g/mol. The molecule has 170 valence electrons. The number of nitrogens with zero attached hydrogens (tertiary/aromatic N) is 4. The number of amides is 2. The van der Waals surface area contributed by atoms with E-state index in [1.807, 2.05) is 12.2 Å². The number of alkyl halides is 3. The number of rotatable bonds is 5. The minimum Gasteiger partial charge on any atom is -0.330 e. The molecule has 1 aliphatic heterocycles. The first-order valence-corrected chi connectivity index (χ1v) is 10.3. The van der Waals surface area contributed by atoms with Crippen LogP contribution in [0.4, 0.5) is 23.8 Å². The summed E-state index contributed by atoms with van der Waals surface area (Å²) in [5.74, 6) is 0.150. The highest BCUT2D eigenvalue weighted by Gasteiger charge is 2.51. The minimum atomic E-state index is -4.55. The van der Waals surface area contributed by atoms with Gasteiger partial charge in [0.05, 0.1) is 12.1 Å². The van der Waals surface area contributed by atoms with Crippen LogP contribution in [0.1, 0.15) is 38.3 Å². The molecule has 1 aromatic heterocycles. The molecule has 0 unspecified atom stereocenters. The number of urea groups is 1. The Labute approximate surface area is 181 Å². The molecule has 3 rings (SSSR count). The van der Waals surface area contributed by atoms with Crippen LogP contribution in [-0.4, -0.2) is 52.4 Å². The number of hydrogen-bond donors (Lipinski definition) is 1. The fourth-order valence-electron chi connectivity index (χ4n) is 4.79. The lowest BCUT2D eigenvalue weighted by Crippen LogP contribution is -2.56. The van der Waals surface area contributed by atoms with Crippen molar-refractivity contribution in [2.75, 3.05) is 25.5 Å². The summed E-state index contributed by atoms with van der Waals surface area (Å²) in [4.78, 5) is 16.3. The standard InChI is InChI=1S/C22H30F3N5O/c1-6-7-8-9-16(2)21(28(3)4)12-10-20(11-13-21)15-30(19(31)26-20)18-14-17(22(23,24)25)27-29(18)5/h6-9,14H,1,10-13,15H2,2-5H3,(H,26,31)/b8-7-,16-9+. The summed E-state index contributed by atoms with van der Waals surface area (Å²) >= 11 is 0. The van der Waals surface area contributed by atoms with Gasteiger partial charge in [-0.1, -0.05) is 36.5 Å². The van der Waals surface area contributed by atoms with E-state index in [4.69, 9.17) is 0 Å². The number of carbonyl (C=O) groups is 1. The molecule has 1 aliphatic carbocycles. The van der Waals surface area contributed by atoms with Crippen molar-refractivity contribution in [3.63, 3.8) is 0 Å². The normalized spacial score (nSPS) is 27.5. The average molecular weight is 438 g/mol. The van der Waals surface area contributed by atoms with Crippen molar-refractivity contribution in [2.24, 2.45) is 7.05 Å². The van der Waals surface area contributed by atoms with E-state index in [0.717, 1.165) is 36.4 Å². The number of anilines is 1. The van der Waals surface area contributed by atoms with Gasteiger partial charge in [-0.05, 0) is 46.7 Å². The SMILES string of the molecule is C=C/C=C\C=C(/C)C1(N(C)C)CCC2(CC1)CN(c1cc(C(F)(F)F)nn1C)C(=O)N2. The number of aryl methyl sites for hydroxylation is 1. The molecule has 6 nitrogen and oxygen atoms in total. The molecule has 0 aromatic carbocycles. The van der Waals surface area contributed by atoms with Gasteiger partial charge in [-0.25, -0.2) is 4.79 Å². The average Bonchev–Trinajstić information content (AvgIpc) is 3.22. The largest absolute Gasteiger partial charge is 0.435 e. The highest BCUT2D eigenvalue weighted by Crippen LogP contribution is 2.44. The van der Waals surface area contributed by atoms with Crippen molar-refractivity contribution in [3.8, 4) is 0 Å². The number of likely N-dealkylation sites (N-methyl/N-ethyl adjacent to an activating group) is 1. The number of carbonyl (C=O) groups excluding carboxylic acids is 1. The number of halogens is 3. The van der Waals surface area contributed by atoms with Crippen molar-refractivity contribution in [2.45, 2.75) is 49.9 Å². The number of allylic oxidation sites excluding steroid dienone is 4. The van der Waals surface area contributed by atoms with Crippen molar-refractivity contribution in [3.05, 3.63) is 48.2 Å². The van der Waals surface area contributed by atoms with E-state index < -0.39 is 17.4 Å². The second-order valence-electron chi connectivity index (χ2n) is 8.70. The lowest BCUT2D eigenvalue weighted by atomic mass is 9.68. The molecule has 0 radical (unpaired) electrons.